The standard InChI is InChI=1S/C16H20N2O3S/c1-21-13-17-10-4-5-16(17)14-6-8-15(9-7-14)18-11-2-3-12-22(18,19)20/h4-10H,2-3,11-13H2,1H3. The first kappa shape index (κ1) is 15.1. The molecule has 5 nitrogen and oxygen atoms in total. The van der Waals surface area contributed by atoms with Gasteiger partial charge in [0.05, 0.1) is 11.4 Å². The smallest absolute Gasteiger partial charge is 0.235 e. The van der Waals surface area contributed by atoms with Gasteiger partial charge in [-0.25, -0.2) is 8.42 Å². The molecule has 3 rings (SSSR count). The van der Waals surface area contributed by atoms with Crippen LogP contribution in [0.2, 0.25) is 0 Å². The van der Waals surface area contributed by atoms with E-state index in [4.69, 9.17) is 4.74 Å². The summed E-state index contributed by atoms with van der Waals surface area (Å²) in [6, 6.07) is 11.7. The van der Waals surface area contributed by atoms with Crippen molar-refractivity contribution in [1.29, 1.82) is 0 Å². The van der Waals surface area contributed by atoms with E-state index < -0.39 is 10.0 Å². The van der Waals surface area contributed by atoms with Gasteiger partial charge in [0.25, 0.3) is 0 Å². The predicted molar refractivity (Wildman–Crippen MR) is 87.2 cm³/mol. The van der Waals surface area contributed by atoms with Gasteiger partial charge in [-0.15, -0.1) is 0 Å². The lowest BCUT2D eigenvalue weighted by Crippen LogP contribution is -2.37. The number of hydrogen-bond acceptors (Lipinski definition) is 3. The van der Waals surface area contributed by atoms with Crippen molar-refractivity contribution < 1.29 is 13.2 Å². The number of aromatic nitrogens is 1. The molecule has 0 atom stereocenters. The predicted octanol–water partition coefficient (Wildman–Crippen LogP) is 2.69. The summed E-state index contributed by atoms with van der Waals surface area (Å²) in [7, 11) is -1.49. The SMILES string of the molecule is COCn1cccc1-c1ccc(N2CCCCS2(=O)=O)cc1. The Hall–Kier alpha value is -1.79. The number of benzene rings is 1. The van der Waals surface area contributed by atoms with Crippen LogP contribution in [0.5, 0.6) is 0 Å². The molecule has 1 aromatic heterocycles. The number of hydrogen-bond donors (Lipinski definition) is 0. The molecule has 1 saturated heterocycles. The van der Waals surface area contributed by atoms with Gasteiger partial charge in [-0.2, -0.15) is 0 Å². The molecular weight excluding hydrogens is 300 g/mol. The fourth-order valence-electron chi connectivity index (χ4n) is 2.81. The van der Waals surface area contributed by atoms with Crippen molar-refractivity contribution in [3.05, 3.63) is 42.6 Å². The van der Waals surface area contributed by atoms with E-state index in [1.807, 2.05) is 47.2 Å². The molecule has 118 valence electrons. The van der Waals surface area contributed by atoms with E-state index in [-0.39, 0.29) is 5.75 Å². The minimum absolute atomic E-state index is 0.242. The van der Waals surface area contributed by atoms with Crippen LogP contribution in [-0.4, -0.2) is 32.4 Å². The lowest BCUT2D eigenvalue weighted by molar-refractivity contribution is 0.133. The van der Waals surface area contributed by atoms with Gasteiger partial charge in [-0.05, 0) is 42.7 Å². The largest absolute Gasteiger partial charge is 0.364 e. The lowest BCUT2D eigenvalue weighted by Gasteiger charge is -2.28. The van der Waals surface area contributed by atoms with Crippen molar-refractivity contribution in [2.75, 3.05) is 23.7 Å². The molecule has 2 aromatic rings. The summed E-state index contributed by atoms with van der Waals surface area (Å²) in [5.41, 5.74) is 2.84. The number of anilines is 1. The van der Waals surface area contributed by atoms with Crippen molar-refractivity contribution >= 4 is 15.7 Å². The normalized spacial score (nSPS) is 17.6. The highest BCUT2D eigenvalue weighted by molar-refractivity contribution is 7.92. The summed E-state index contributed by atoms with van der Waals surface area (Å²) in [5, 5.41) is 0. The van der Waals surface area contributed by atoms with Gasteiger partial charge in [0.15, 0.2) is 0 Å². The van der Waals surface area contributed by atoms with E-state index in [0.717, 1.165) is 29.8 Å². The zero-order valence-electron chi connectivity index (χ0n) is 12.6. The Balaban J connectivity index is 1.88. The van der Waals surface area contributed by atoms with Crippen LogP contribution in [0.25, 0.3) is 11.3 Å². The molecular formula is C16H20N2O3S. The minimum atomic E-state index is -3.15. The molecule has 1 aliphatic rings. The molecule has 1 aliphatic heterocycles. The summed E-state index contributed by atoms with van der Waals surface area (Å²) in [6.45, 7) is 1.06. The second kappa shape index (κ2) is 6.14. The van der Waals surface area contributed by atoms with Crippen molar-refractivity contribution in [3.63, 3.8) is 0 Å². The summed E-state index contributed by atoms with van der Waals surface area (Å²) in [5.74, 6) is 0.242. The highest BCUT2D eigenvalue weighted by atomic mass is 32.2. The Kier molecular flexibility index (Phi) is 4.22. The van der Waals surface area contributed by atoms with Crippen LogP contribution in [0.15, 0.2) is 42.6 Å². The molecule has 1 fully saturated rings. The number of methoxy groups -OCH3 is 1. The van der Waals surface area contributed by atoms with Gasteiger partial charge < -0.3 is 9.30 Å². The molecule has 1 aromatic carbocycles. The van der Waals surface area contributed by atoms with E-state index in [2.05, 4.69) is 0 Å². The highest BCUT2D eigenvalue weighted by Crippen LogP contribution is 2.27. The summed E-state index contributed by atoms with van der Waals surface area (Å²) < 4.78 is 33.0. The van der Waals surface area contributed by atoms with Crippen molar-refractivity contribution in [3.8, 4) is 11.3 Å². The van der Waals surface area contributed by atoms with E-state index in [0.29, 0.717) is 13.3 Å². The Morgan fingerprint density at radius 3 is 2.59 bits per heavy atom. The molecule has 0 aliphatic carbocycles. The van der Waals surface area contributed by atoms with Gasteiger partial charge in [0, 0.05) is 25.5 Å². The molecule has 0 radical (unpaired) electrons. The quantitative estimate of drug-likeness (QED) is 0.870. The van der Waals surface area contributed by atoms with Crippen LogP contribution < -0.4 is 4.31 Å². The van der Waals surface area contributed by atoms with Gasteiger partial charge in [0.1, 0.15) is 6.73 Å². The third kappa shape index (κ3) is 2.89. The van der Waals surface area contributed by atoms with Crippen molar-refractivity contribution in [2.45, 2.75) is 19.6 Å². The molecule has 0 amide bonds. The third-order valence-electron chi connectivity index (χ3n) is 3.90. The maximum absolute atomic E-state index is 12.1. The first-order chi connectivity index (χ1) is 10.6. The van der Waals surface area contributed by atoms with Crippen LogP contribution in [0.4, 0.5) is 5.69 Å². The molecule has 2 heterocycles. The Morgan fingerprint density at radius 2 is 1.91 bits per heavy atom. The first-order valence-electron chi connectivity index (χ1n) is 7.37. The topological polar surface area (TPSA) is 51.5 Å². The first-order valence-corrected chi connectivity index (χ1v) is 8.98. The Morgan fingerprint density at radius 1 is 1.14 bits per heavy atom. The maximum atomic E-state index is 12.1. The highest BCUT2D eigenvalue weighted by Gasteiger charge is 2.25. The van der Waals surface area contributed by atoms with E-state index in [9.17, 15) is 8.42 Å². The second-order valence-corrected chi connectivity index (χ2v) is 7.44. The summed E-state index contributed by atoms with van der Waals surface area (Å²) in [6.07, 6.45) is 3.63. The van der Waals surface area contributed by atoms with Gasteiger partial charge >= 0.3 is 0 Å². The van der Waals surface area contributed by atoms with Crippen LogP contribution in [-0.2, 0) is 21.5 Å². The van der Waals surface area contributed by atoms with E-state index >= 15 is 0 Å². The van der Waals surface area contributed by atoms with Gasteiger partial charge in [-0.1, -0.05) is 12.1 Å². The number of nitrogens with zero attached hydrogens (tertiary/aromatic N) is 2. The van der Waals surface area contributed by atoms with Gasteiger partial charge in [0.2, 0.25) is 10.0 Å². The summed E-state index contributed by atoms with van der Waals surface area (Å²) >= 11 is 0. The van der Waals surface area contributed by atoms with Crippen LogP contribution >= 0.6 is 0 Å². The number of rotatable bonds is 4. The average molecular weight is 320 g/mol. The molecule has 0 N–H and O–H groups in total. The molecule has 0 saturated carbocycles. The fourth-order valence-corrected chi connectivity index (χ4v) is 4.44. The van der Waals surface area contributed by atoms with Crippen LogP contribution in [0.3, 0.4) is 0 Å². The minimum Gasteiger partial charge on any atom is -0.364 e. The zero-order valence-corrected chi connectivity index (χ0v) is 13.4. The molecule has 0 unspecified atom stereocenters. The Labute approximate surface area is 131 Å². The zero-order chi connectivity index (χ0) is 15.6. The Bertz CT molecular complexity index is 735. The summed E-state index contributed by atoms with van der Waals surface area (Å²) in [4.78, 5) is 0. The monoisotopic (exact) mass is 320 g/mol. The van der Waals surface area contributed by atoms with Crippen LogP contribution in [0, 0.1) is 0 Å². The van der Waals surface area contributed by atoms with E-state index in [1.54, 1.807) is 7.11 Å². The third-order valence-corrected chi connectivity index (χ3v) is 5.77. The van der Waals surface area contributed by atoms with Crippen molar-refractivity contribution in [1.82, 2.24) is 4.57 Å². The average Bonchev–Trinajstić information content (AvgIpc) is 2.96. The van der Waals surface area contributed by atoms with E-state index in [1.165, 1.54) is 4.31 Å². The fraction of sp³-hybridized carbons (Fsp3) is 0.375. The van der Waals surface area contributed by atoms with Crippen LogP contribution in [0.1, 0.15) is 12.8 Å². The molecule has 6 heteroatoms. The second-order valence-electron chi connectivity index (χ2n) is 5.42. The van der Waals surface area contributed by atoms with Crippen molar-refractivity contribution in [2.24, 2.45) is 0 Å². The molecule has 0 bridgehead atoms. The molecule has 22 heavy (non-hydrogen) atoms. The number of ether oxygens (including phenoxy) is 1. The molecule has 0 spiro atoms. The number of sulfonamides is 1. The van der Waals surface area contributed by atoms with Gasteiger partial charge in [-0.3, -0.25) is 4.31 Å². The lowest BCUT2D eigenvalue weighted by atomic mass is 10.1. The maximum Gasteiger partial charge on any atom is 0.235 e.